The minimum Gasteiger partial charge on any atom is -0.254 e. The lowest BCUT2D eigenvalue weighted by molar-refractivity contribution is 0.721. The first-order valence-electron chi connectivity index (χ1n) is 3.94. The lowest BCUT2D eigenvalue weighted by Gasteiger charge is -1.94. The molecule has 0 spiro atoms. The van der Waals surface area contributed by atoms with Crippen molar-refractivity contribution in [3.63, 3.8) is 0 Å². The second-order valence-corrected chi connectivity index (χ2v) is 3.82. The van der Waals surface area contributed by atoms with E-state index in [1.54, 1.807) is 16.0 Å². The second-order valence-electron chi connectivity index (χ2n) is 2.80. The Morgan fingerprint density at radius 3 is 3.00 bits per heavy atom. The molecular weight excluding hydrogens is 204 g/mol. The molecular formula is C9H9ClN2S. The number of hydrogen-bond donors (Lipinski definition) is 0. The highest BCUT2D eigenvalue weighted by Gasteiger charge is 2.05. The molecule has 0 unspecified atom stereocenters. The first kappa shape index (κ1) is 8.78. The van der Waals surface area contributed by atoms with E-state index in [0.29, 0.717) is 6.00 Å². The SMILES string of the molecule is Cc1cc(-c2ccsc2)nn1CCl. The third-order valence-corrected chi connectivity index (χ3v) is 2.82. The van der Waals surface area contributed by atoms with Crippen LogP contribution in [0.5, 0.6) is 0 Å². The lowest BCUT2D eigenvalue weighted by atomic mass is 10.2. The largest absolute Gasteiger partial charge is 0.254 e. The van der Waals surface area contributed by atoms with Crippen molar-refractivity contribution in [3.8, 4) is 11.3 Å². The monoisotopic (exact) mass is 212 g/mol. The molecule has 2 aromatic heterocycles. The van der Waals surface area contributed by atoms with E-state index in [1.807, 2.05) is 18.4 Å². The highest BCUT2D eigenvalue weighted by molar-refractivity contribution is 7.08. The molecule has 0 saturated heterocycles. The summed E-state index contributed by atoms with van der Waals surface area (Å²) in [4.78, 5) is 0. The summed E-state index contributed by atoms with van der Waals surface area (Å²) in [6.07, 6.45) is 0. The average molecular weight is 213 g/mol. The van der Waals surface area contributed by atoms with Gasteiger partial charge in [0.1, 0.15) is 6.00 Å². The first-order chi connectivity index (χ1) is 6.31. The van der Waals surface area contributed by atoms with E-state index < -0.39 is 0 Å². The van der Waals surface area contributed by atoms with Crippen LogP contribution in [0.2, 0.25) is 0 Å². The first-order valence-corrected chi connectivity index (χ1v) is 5.42. The molecule has 2 rings (SSSR count). The molecule has 4 heteroatoms. The van der Waals surface area contributed by atoms with E-state index >= 15 is 0 Å². The van der Waals surface area contributed by atoms with Gasteiger partial charge in [-0.15, -0.1) is 11.6 Å². The lowest BCUT2D eigenvalue weighted by Crippen LogP contribution is -1.96. The molecule has 2 aromatic rings. The zero-order chi connectivity index (χ0) is 9.26. The van der Waals surface area contributed by atoms with Gasteiger partial charge in [-0.1, -0.05) is 0 Å². The number of nitrogens with zero attached hydrogens (tertiary/aromatic N) is 2. The van der Waals surface area contributed by atoms with Crippen LogP contribution in [-0.2, 0) is 6.00 Å². The molecule has 0 aliphatic rings. The molecule has 0 saturated carbocycles. The number of thiophene rings is 1. The molecule has 0 N–H and O–H groups in total. The van der Waals surface area contributed by atoms with Gasteiger partial charge >= 0.3 is 0 Å². The highest BCUT2D eigenvalue weighted by atomic mass is 35.5. The van der Waals surface area contributed by atoms with Crippen LogP contribution in [-0.4, -0.2) is 9.78 Å². The van der Waals surface area contributed by atoms with Crippen molar-refractivity contribution < 1.29 is 0 Å². The van der Waals surface area contributed by atoms with Gasteiger partial charge in [0.2, 0.25) is 0 Å². The molecule has 13 heavy (non-hydrogen) atoms. The Bertz CT molecular complexity index is 392. The van der Waals surface area contributed by atoms with Gasteiger partial charge in [0.15, 0.2) is 0 Å². The molecule has 0 radical (unpaired) electrons. The summed E-state index contributed by atoms with van der Waals surface area (Å²) >= 11 is 7.38. The van der Waals surface area contributed by atoms with E-state index in [9.17, 15) is 0 Å². The molecule has 0 bridgehead atoms. The Hall–Kier alpha value is -0.800. The van der Waals surface area contributed by atoms with Gasteiger partial charge in [0.05, 0.1) is 5.69 Å². The third kappa shape index (κ3) is 1.62. The maximum atomic E-state index is 5.71. The minimum atomic E-state index is 0.413. The molecule has 0 atom stereocenters. The van der Waals surface area contributed by atoms with Crippen LogP contribution in [0.1, 0.15) is 5.69 Å². The summed E-state index contributed by atoms with van der Waals surface area (Å²) in [6.45, 7) is 2.01. The van der Waals surface area contributed by atoms with Crippen LogP contribution in [0.25, 0.3) is 11.3 Å². The fourth-order valence-corrected chi connectivity index (χ4v) is 2.07. The van der Waals surface area contributed by atoms with Crippen molar-refractivity contribution in [1.82, 2.24) is 9.78 Å². The summed E-state index contributed by atoms with van der Waals surface area (Å²) in [5, 5.41) is 8.49. The number of halogens is 1. The summed E-state index contributed by atoms with van der Waals surface area (Å²) in [5.41, 5.74) is 3.26. The predicted octanol–water partition coefficient (Wildman–Crippen LogP) is 3.12. The smallest absolute Gasteiger partial charge is 0.115 e. The van der Waals surface area contributed by atoms with Gasteiger partial charge in [-0.3, -0.25) is 4.68 Å². The Morgan fingerprint density at radius 2 is 2.46 bits per heavy atom. The van der Waals surface area contributed by atoms with Crippen molar-refractivity contribution in [2.75, 3.05) is 0 Å². The number of alkyl halides is 1. The van der Waals surface area contributed by atoms with E-state index in [1.165, 1.54) is 0 Å². The van der Waals surface area contributed by atoms with Gasteiger partial charge < -0.3 is 0 Å². The van der Waals surface area contributed by atoms with Crippen molar-refractivity contribution >= 4 is 22.9 Å². The molecule has 0 amide bonds. The van der Waals surface area contributed by atoms with Crippen molar-refractivity contribution in [1.29, 1.82) is 0 Å². The van der Waals surface area contributed by atoms with Crippen LogP contribution in [0.15, 0.2) is 22.9 Å². The van der Waals surface area contributed by atoms with E-state index in [-0.39, 0.29) is 0 Å². The molecule has 0 aliphatic carbocycles. The molecule has 68 valence electrons. The van der Waals surface area contributed by atoms with Gasteiger partial charge in [-0.05, 0) is 24.4 Å². The zero-order valence-corrected chi connectivity index (χ0v) is 8.77. The maximum absolute atomic E-state index is 5.71. The fourth-order valence-electron chi connectivity index (χ4n) is 1.18. The fraction of sp³-hybridized carbons (Fsp3) is 0.222. The second kappa shape index (κ2) is 3.52. The number of aromatic nitrogens is 2. The van der Waals surface area contributed by atoms with Crippen molar-refractivity contribution in [3.05, 3.63) is 28.6 Å². The number of rotatable bonds is 2. The molecule has 2 nitrogen and oxygen atoms in total. The van der Waals surface area contributed by atoms with E-state index in [4.69, 9.17) is 11.6 Å². The Labute approximate surface area is 85.8 Å². The number of hydrogen-bond acceptors (Lipinski definition) is 2. The van der Waals surface area contributed by atoms with Gasteiger partial charge in [0.25, 0.3) is 0 Å². The van der Waals surface area contributed by atoms with Crippen molar-refractivity contribution in [2.24, 2.45) is 0 Å². The topological polar surface area (TPSA) is 17.8 Å². The third-order valence-electron chi connectivity index (χ3n) is 1.91. The maximum Gasteiger partial charge on any atom is 0.115 e. The highest BCUT2D eigenvalue weighted by Crippen LogP contribution is 2.21. The molecule has 0 aliphatic heterocycles. The minimum absolute atomic E-state index is 0.413. The Morgan fingerprint density at radius 1 is 1.62 bits per heavy atom. The van der Waals surface area contributed by atoms with Crippen LogP contribution in [0.4, 0.5) is 0 Å². The normalized spacial score (nSPS) is 10.6. The van der Waals surface area contributed by atoms with E-state index in [2.05, 4.69) is 16.5 Å². The van der Waals surface area contributed by atoms with Crippen LogP contribution >= 0.6 is 22.9 Å². The quantitative estimate of drug-likeness (QED) is 0.700. The Kier molecular flexibility index (Phi) is 2.38. The number of aryl methyl sites for hydroxylation is 1. The average Bonchev–Trinajstić information content (AvgIpc) is 2.71. The zero-order valence-electron chi connectivity index (χ0n) is 7.20. The van der Waals surface area contributed by atoms with Crippen molar-refractivity contribution in [2.45, 2.75) is 12.9 Å². The summed E-state index contributed by atoms with van der Waals surface area (Å²) in [7, 11) is 0. The standard InChI is InChI=1S/C9H9ClN2S/c1-7-4-9(11-12(7)6-10)8-2-3-13-5-8/h2-5H,6H2,1H3. The predicted molar refractivity (Wildman–Crippen MR) is 56.1 cm³/mol. The summed E-state index contributed by atoms with van der Waals surface area (Å²) < 4.78 is 1.79. The Balaban J connectivity index is 2.43. The van der Waals surface area contributed by atoms with Gasteiger partial charge in [0, 0.05) is 16.6 Å². The molecule has 0 aromatic carbocycles. The van der Waals surface area contributed by atoms with Crippen LogP contribution in [0, 0.1) is 6.92 Å². The summed E-state index contributed by atoms with van der Waals surface area (Å²) in [6, 6.07) is 4.52. The molecule has 0 fully saturated rings. The van der Waals surface area contributed by atoms with Crippen LogP contribution in [0.3, 0.4) is 0 Å². The van der Waals surface area contributed by atoms with E-state index in [0.717, 1.165) is 17.0 Å². The summed E-state index contributed by atoms with van der Waals surface area (Å²) in [5.74, 6) is 0. The van der Waals surface area contributed by atoms with Crippen LogP contribution < -0.4 is 0 Å². The van der Waals surface area contributed by atoms with Gasteiger partial charge in [-0.2, -0.15) is 16.4 Å². The van der Waals surface area contributed by atoms with Gasteiger partial charge in [-0.25, -0.2) is 0 Å². The molecule has 2 heterocycles.